The van der Waals surface area contributed by atoms with Crippen LogP contribution in [0.15, 0.2) is 4.47 Å². The Balaban J connectivity index is 3.33. The second-order valence-electron chi connectivity index (χ2n) is 2.73. The van der Waals surface area contributed by atoms with Crippen LogP contribution in [0.3, 0.4) is 0 Å². The van der Waals surface area contributed by atoms with E-state index in [2.05, 4.69) is 20.7 Å². The van der Waals surface area contributed by atoms with Crippen LogP contribution in [0, 0.1) is 23.3 Å². The van der Waals surface area contributed by atoms with Crippen LogP contribution >= 0.6 is 15.9 Å². The van der Waals surface area contributed by atoms with Gasteiger partial charge in [-0.05, 0) is 15.9 Å². The van der Waals surface area contributed by atoms with Gasteiger partial charge >= 0.3 is 6.61 Å². The van der Waals surface area contributed by atoms with Crippen LogP contribution in [0.5, 0.6) is 0 Å². The van der Waals surface area contributed by atoms with Crippen molar-refractivity contribution in [1.29, 1.82) is 0 Å². The lowest BCUT2D eigenvalue weighted by Crippen LogP contribution is -2.14. The number of aliphatic hydroxyl groups excluding tert-OH is 1. The Morgan fingerprint density at radius 1 is 0.941 bits per heavy atom. The van der Waals surface area contributed by atoms with Gasteiger partial charge in [-0.3, -0.25) is 4.74 Å². The maximum atomic E-state index is 13.1. The zero-order valence-electron chi connectivity index (χ0n) is 7.66. The molecule has 0 spiro atoms. The highest BCUT2D eigenvalue weighted by Gasteiger charge is 2.30. The van der Waals surface area contributed by atoms with Gasteiger partial charge in [0.2, 0.25) is 0 Å². The van der Waals surface area contributed by atoms with Gasteiger partial charge in [-0.2, -0.15) is 8.78 Å². The van der Waals surface area contributed by atoms with Gasteiger partial charge in [0.25, 0.3) is 0 Å². The summed E-state index contributed by atoms with van der Waals surface area (Å²) >= 11 is 2.21. The topological polar surface area (TPSA) is 29.5 Å². The van der Waals surface area contributed by atoms with E-state index in [1.54, 1.807) is 0 Å². The van der Waals surface area contributed by atoms with E-state index < -0.39 is 46.2 Å². The van der Waals surface area contributed by atoms with Gasteiger partial charge in [-0.15, -0.1) is 0 Å². The number of alkyl halides is 2. The van der Waals surface area contributed by atoms with Gasteiger partial charge in [0, 0.05) is 0 Å². The number of ether oxygens (including phenoxy) is 1. The number of hydrogen-bond donors (Lipinski definition) is 1. The first-order chi connectivity index (χ1) is 7.77. The third kappa shape index (κ3) is 2.72. The summed E-state index contributed by atoms with van der Waals surface area (Å²) in [6.45, 7) is -3.57. The molecule has 9 heteroatoms. The molecule has 17 heavy (non-hydrogen) atoms. The standard InChI is InChI=1S/C8H3BrF6O2/c9-2-5(12)3(10)1(4(11)6(2)13)7(16)17-8(14)15/h7-8,16H. The van der Waals surface area contributed by atoms with E-state index in [9.17, 15) is 26.3 Å². The lowest BCUT2D eigenvalue weighted by molar-refractivity contribution is -0.233. The molecule has 0 saturated heterocycles. The monoisotopic (exact) mass is 324 g/mol. The first kappa shape index (κ1) is 14.3. The average Bonchev–Trinajstić information content (AvgIpc) is 2.23. The Morgan fingerprint density at radius 3 is 1.71 bits per heavy atom. The summed E-state index contributed by atoms with van der Waals surface area (Å²) in [6.07, 6.45) is -2.83. The fourth-order valence-electron chi connectivity index (χ4n) is 1.00. The van der Waals surface area contributed by atoms with E-state index in [0.717, 1.165) is 0 Å². The van der Waals surface area contributed by atoms with Gasteiger partial charge in [0.05, 0.1) is 10.0 Å². The Labute approximate surface area is 98.9 Å². The molecule has 1 atom stereocenters. The third-order valence-corrected chi connectivity index (χ3v) is 2.42. The minimum absolute atomic E-state index is 1.15. The molecule has 1 N–H and O–H groups in total. The Kier molecular flexibility index (Phi) is 4.39. The molecule has 2 nitrogen and oxygen atoms in total. The molecule has 1 unspecified atom stereocenters. The number of halogens is 7. The van der Waals surface area contributed by atoms with Crippen molar-refractivity contribution in [1.82, 2.24) is 0 Å². The van der Waals surface area contributed by atoms with E-state index in [1.807, 2.05) is 0 Å². The van der Waals surface area contributed by atoms with Crippen LogP contribution in [0.4, 0.5) is 26.3 Å². The van der Waals surface area contributed by atoms with Crippen LogP contribution in [-0.4, -0.2) is 11.7 Å². The molecule has 0 aliphatic rings. The predicted octanol–water partition coefficient (Wildman–Crippen LogP) is 3.24. The van der Waals surface area contributed by atoms with Crippen LogP contribution in [0.1, 0.15) is 11.9 Å². The smallest absolute Gasteiger partial charge is 0.347 e. The molecule has 0 saturated carbocycles. The molecule has 0 aromatic heterocycles. The number of benzene rings is 1. The van der Waals surface area contributed by atoms with Crippen molar-refractivity contribution in [3.8, 4) is 0 Å². The first-order valence-corrected chi connectivity index (χ1v) is 4.69. The molecule has 0 bridgehead atoms. The number of aliphatic hydroxyl groups is 1. The largest absolute Gasteiger partial charge is 0.364 e. The lowest BCUT2D eigenvalue weighted by Gasteiger charge is -2.14. The Hall–Kier alpha value is -0.800. The highest BCUT2D eigenvalue weighted by Crippen LogP contribution is 2.32. The van der Waals surface area contributed by atoms with Gasteiger partial charge in [0.15, 0.2) is 29.6 Å². The highest BCUT2D eigenvalue weighted by atomic mass is 79.9. The lowest BCUT2D eigenvalue weighted by atomic mass is 10.1. The van der Waals surface area contributed by atoms with Gasteiger partial charge < -0.3 is 5.11 Å². The third-order valence-electron chi connectivity index (χ3n) is 1.72. The summed E-state index contributed by atoms with van der Waals surface area (Å²) in [7, 11) is 0. The van der Waals surface area contributed by atoms with Crippen molar-refractivity contribution >= 4 is 15.9 Å². The van der Waals surface area contributed by atoms with Crippen molar-refractivity contribution in [2.75, 3.05) is 0 Å². The van der Waals surface area contributed by atoms with Crippen molar-refractivity contribution in [2.45, 2.75) is 12.9 Å². The summed E-state index contributed by atoms with van der Waals surface area (Å²) in [5.41, 5.74) is -1.66. The van der Waals surface area contributed by atoms with Crippen molar-refractivity contribution < 1.29 is 36.2 Å². The fourth-order valence-corrected chi connectivity index (χ4v) is 1.35. The Bertz CT molecular complexity index is 410. The van der Waals surface area contributed by atoms with Crippen LogP contribution in [-0.2, 0) is 4.74 Å². The highest BCUT2D eigenvalue weighted by molar-refractivity contribution is 9.10. The predicted molar refractivity (Wildman–Crippen MR) is 46.0 cm³/mol. The van der Waals surface area contributed by atoms with E-state index >= 15 is 0 Å². The first-order valence-electron chi connectivity index (χ1n) is 3.90. The van der Waals surface area contributed by atoms with Gasteiger partial charge in [-0.25, -0.2) is 17.6 Å². The molecule has 0 aliphatic carbocycles. The van der Waals surface area contributed by atoms with E-state index in [1.165, 1.54) is 0 Å². The minimum Gasteiger partial charge on any atom is -0.364 e. The summed E-state index contributed by atoms with van der Waals surface area (Å²) in [5.74, 6) is -7.78. The molecule has 0 radical (unpaired) electrons. The fraction of sp³-hybridized carbons (Fsp3) is 0.250. The van der Waals surface area contributed by atoms with Crippen molar-refractivity contribution in [3.05, 3.63) is 33.3 Å². The molecule has 1 aromatic carbocycles. The summed E-state index contributed by atoms with van der Waals surface area (Å²) < 4.78 is 77.7. The maximum Gasteiger partial charge on any atom is 0.347 e. The summed E-state index contributed by atoms with van der Waals surface area (Å²) in [4.78, 5) is 0. The summed E-state index contributed by atoms with van der Waals surface area (Å²) in [6, 6.07) is 0. The second kappa shape index (κ2) is 5.23. The number of rotatable bonds is 3. The quantitative estimate of drug-likeness (QED) is 0.400. The zero-order chi connectivity index (χ0) is 13.3. The molecular weight excluding hydrogens is 322 g/mol. The van der Waals surface area contributed by atoms with Crippen molar-refractivity contribution in [2.24, 2.45) is 0 Å². The van der Waals surface area contributed by atoms with E-state index in [0.29, 0.717) is 0 Å². The molecule has 96 valence electrons. The summed E-state index contributed by atoms with van der Waals surface area (Å²) in [5, 5.41) is 8.86. The molecule has 1 aromatic rings. The molecule has 0 heterocycles. The number of hydrogen-bond acceptors (Lipinski definition) is 2. The minimum atomic E-state index is -3.57. The van der Waals surface area contributed by atoms with Gasteiger partial charge in [-0.1, -0.05) is 0 Å². The Morgan fingerprint density at radius 2 is 1.35 bits per heavy atom. The normalized spacial score (nSPS) is 13.2. The molecular formula is C8H3BrF6O2. The van der Waals surface area contributed by atoms with Gasteiger partial charge in [0.1, 0.15) is 0 Å². The van der Waals surface area contributed by atoms with E-state index in [4.69, 9.17) is 5.11 Å². The molecule has 0 amide bonds. The van der Waals surface area contributed by atoms with Crippen LogP contribution in [0.25, 0.3) is 0 Å². The average molecular weight is 325 g/mol. The SMILES string of the molecule is OC(OC(F)F)c1c(F)c(F)c(Br)c(F)c1F. The molecule has 1 rings (SSSR count). The van der Waals surface area contributed by atoms with Crippen LogP contribution in [0.2, 0.25) is 0 Å². The second-order valence-corrected chi connectivity index (χ2v) is 3.53. The maximum absolute atomic E-state index is 13.1. The van der Waals surface area contributed by atoms with Crippen LogP contribution < -0.4 is 0 Å². The zero-order valence-corrected chi connectivity index (χ0v) is 9.24. The molecule has 0 aliphatic heterocycles. The van der Waals surface area contributed by atoms with E-state index in [-0.39, 0.29) is 0 Å². The molecule has 0 fully saturated rings. The van der Waals surface area contributed by atoms with Crippen molar-refractivity contribution in [3.63, 3.8) is 0 Å².